The van der Waals surface area contributed by atoms with Crippen LogP contribution >= 0.6 is 0 Å². The third-order valence-electron chi connectivity index (χ3n) is 3.16. The Labute approximate surface area is 108 Å². The maximum Gasteiger partial charge on any atom is 0.265 e. The molecule has 0 fully saturated rings. The molecule has 0 aromatic heterocycles. The standard InChI is InChI=1S/C14H20N2O2/c1-5-11-13(17)16-10-7-8(14(2,3)4)6-9(15)12(10)18-11/h6-7,11H,5,15H2,1-4H3,(H,16,17). The van der Waals surface area contributed by atoms with Gasteiger partial charge in [0, 0.05) is 0 Å². The summed E-state index contributed by atoms with van der Waals surface area (Å²) in [5, 5.41) is 2.87. The lowest BCUT2D eigenvalue weighted by molar-refractivity contribution is -0.123. The number of hydrogen-bond acceptors (Lipinski definition) is 3. The minimum absolute atomic E-state index is 0.0184. The fourth-order valence-electron chi connectivity index (χ4n) is 1.99. The van der Waals surface area contributed by atoms with Gasteiger partial charge in [0.1, 0.15) is 0 Å². The number of rotatable bonds is 1. The molecule has 2 rings (SSSR count). The molecule has 0 aliphatic carbocycles. The van der Waals surface area contributed by atoms with Gasteiger partial charge in [-0.1, -0.05) is 27.7 Å². The smallest absolute Gasteiger partial charge is 0.265 e. The third kappa shape index (κ3) is 2.15. The van der Waals surface area contributed by atoms with Crippen molar-refractivity contribution in [3.63, 3.8) is 0 Å². The van der Waals surface area contributed by atoms with Gasteiger partial charge in [-0.25, -0.2) is 0 Å². The van der Waals surface area contributed by atoms with E-state index >= 15 is 0 Å². The van der Waals surface area contributed by atoms with Gasteiger partial charge in [-0.05, 0) is 29.5 Å². The molecule has 1 aromatic carbocycles. The maximum absolute atomic E-state index is 11.8. The Bertz CT molecular complexity index is 489. The molecular formula is C14H20N2O2. The summed E-state index contributed by atoms with van der Waals surface area (Å²) in [5.74, 6) is 0.491. The number of nitrogens with two attached hydrogens (primary N) is 1. The molecule has 0 spiro atoms. The van der Waals surface area contributed by atoms with E-state index in [0.29, 0.717) is 23.5 Å². The molecule has 1 atom stereocenters. The number of benzene rings is 1. The average molecular weight is 248 g/mol. The van der Waals surface area contributed by atoms with Crippen LogP contribution in [0.4, 0.5) is 11.4 Å². The highest BCUT2D eigenvalue weighted by molar-refractivity contribution is 5.99. The van der Waals surface area contributed by atoms with Crippen LogP contribution in [0.5, 0.6) is 5.75 Å². The summed E-state index contributed by atoms with van der Waals surface area (Å²) in [6.07, 6.45) is 0.187. The van der Waals surface area contributed by atoms with Crippen LogP contribution < -0.4 is 15.8 Å². The summed E-state index contributed by atoms with van der Waals surface area (Å²) in [6, 6.07) is 3.86. The van der Waals surface area contributed by atoms with E-state index in [1.807, 2.05) is 19.1 Å². The van der Waals surface area contributed by atoms with Crippen LogP contribution in [-0.4, -0.2) is 12.0 Å². The first-order valence-electron chi connectivity index (χ1n) is 6.24. The SMILES string of the molecule is CCC1Oc2c(N)cc(C(C)(C)C)cc2NC1=O. The van der Waals surface area contributed by atoms with E-state index in [4.69, 9.17) is 10.5 Å². The van der Waals surface area contributed by atoms with E-state index in [1.54, 1.807) is 0 Å². The zero-order valence-corrected chi connectivity index (χ0v) is 11.3. The summed E-state index contributed by atoms with van der Waals surface area (Å²) in [4.78, 5) is 11.8. The first-order chi connectivity index (χ1) is 8.32. The minimum Gasteiger partial charge on any atom is -0.476 e. The van der Waals surface area contributed by atoms with Crippen molar-refractivity contribution in [2.75, 3.05) is 11.1 Å². The van der Waals surface area contributed by atoms with Crippen LogP contribution in [0.3, 0.4) is 0 Å². The largest absolute Gasteiger partial charge is 0.476 e. The van der Waals surface area contributed by atoms with Gasteiger partial charge in [-0.3, -0.25) is 4.79 Å². The van der Waals surface area contributed by atoms with Gasteiger partial charge in [-0.15, -0.1) is 0 Å². The molecule has 98 valence electrons. The van der Waals surface area contributed by atoms with Crippen LogP contribution in [0, 0.1) is 0 Å². The predicted octanol–water partition coefficient (Wildman–Crippen LogP) is 2.68. The van der Waals surface area contributed by atoms with Gasteiger partial charge < -0.3 is 15.8 Å². The Hall–Kier alpha value is -1.71. The number of fused-ring (bicyclic) bond motifs is 1. The summed E-state index contributed by atoms with van der Waals surface area (Å²) >= 11 is 0. The molecule has 0 saturated carbocycles. The van der Waals surface area contributed by atoms with Crippen molar-refractivity contribution in [2.24, 2.45) is 0 Å². The number of carbonyl (C=O) groups is 1. The fraction of sp³-hybridized carbons (Fsp3) is 0.500. The summed E-state index contributed by atoms with van der Waals surface area (Å²) in [6.45, 7) is 8.23. The van der Waals surface area contributed by atoms with Gasteiger partial charge in [0.05, 0.1) is 11.4 Å². The molecular weight excluding hydrogens is 228 g/mol. The third-order valence-corrected chi connectivity index (χ3v) is 3.16. The summed E-state index contributed by atoms with van der Waals surface area (Å²) < 4.78 is 5.65. The minimum atomic E-state index is -0.444. The van der Waals surface area contributed by atoms with Crippen LogP contribution in [0.1, 0.15) is 39.7 Å². The van der Waals surface area contributed by atoms with Crippen molar-refractivity contribution < 1.29 is 9.53 Å². The molecule has 0 saturated heterocycles. The van der Waals surface area contributed by atoms with Crippen molar-refractivity contribution in [2.45, 2.75) is 45.6 Å². The lowest BCUT2D eigenvalue weighted by atomic mass is 9.86. The van der Waals surface area contributed by atoms with Crippen LogP contribution in [0.25, 0.3) is 0 Å². The normalized spacial score (nSPS) is 18.9. The molecule has 0 radical (unpaired) electrons. The molecule has 4 nitrogen and oxygen atoms in total. The lowest BCUT2D eigenvalue weighted by Gasteiger charge is -2.29. The summed E-state index contributed by atoms with van der Waals surface area (Å²) in [7, 11) is 0. The average Bonchev–Trinajstić information content (AvgIpc) is 2.26. The van der Waals surface area contributed by atoms with E-state index < -0.39 is 6.10 Å². The number of carbonyl (C=O) groups excluding carboxylic acids is 1. The van der Waals surface area contributed by atoms with E-state index in [0.717, 1.165) is 5.56 Å². The molecule has 1 aliphatic rings. The quantitative estimate of drug-likeness (QED) is 0.751. The molecule has 4 heteroatoms. The Kier molecular flexibility index (Phi) is 2.97. The monoisotopic (exact) mass is 248 g/mol. The van der Waals surface area contributed by atoms with E-state index in [9.17, 15) is 4.79 Å². The maximum atomic E-state index is 11.8. The van der Waals surface area contributed by atoms with Crippen LogP contribution in [-0.2, 0) is 10.2 Å². The first-order valence-corrected chi connectivity index (χ1v) is 6.24. The van der Waals surface area contributed by atoms with Crippen molar-refractivity contribution in [1.82, 2.24) is 0 Å². The number of amides is 1. The molecule has 1 heterocycles. The molecule has 1 amide bonds. The molecule has 3 N–H and O–H groups in total. The van der Waals surface area contributed by atoms with Crippen molar-refractivity contribution in [1.29, 1.82) is 0 Å². The topological polar surface area (TPSA) is 64.3 Å². The second kappa shape index (κ2) is 4.19. The Morgan fingerprint density at radius 3 is 2.61 bits per heavy atom. The number of nitrogens with one attached hydrogen (secondary N) is 1. The predicted molar refractivity (Wildman–Crippen MR) is 72.9 cm³/mol. The van der Waals surface area contributed by atoms with Crippen molar-refractivity contribution in [3.8, 4) is 5.75 Å². The van der Waals surface area contributed by atoms with Crippen LogP contribution in [0.15, 0.2) is 12.1 Å². The zero-order chi connectivity index (χ0) is 13.5. The number of ether oxygens (including phenoxy) is 1. The van der Waals surface area contributed by atoms with Crippen molar-refractivity contribution in [3.05, 3.63) is 17.7 Å². The van der Waals surface area contributed by atoms with Gasteiger partial charge >= 0.3 is 0 Å². The van der Waals surface area contributed by atoms with E-state index in [-0.39, 0.29) is 11.3 Å². The van der Waals surface area contributed by atoms with E-state index in [1.165, 1.54) is 0 Å². The first kappa shape index (κ1) is 12.7. The van der Waals surface area contributed by atoms with E-state index in [2.05, 4.69) is 26.1 Å². The molecule has 18 heavy (non-hydrogen) atoms. The van der Waals surface area contributed by atoms with Gasteiger partial charge in [0.15, 0.2) is 11.9 Å². The Balaban J connectivity index is 2.47. The van der Waals surface area contributed by atoms with Gasteiger partial charge in [0.2, 0.25) is 0 Å². The number of anilines is 2. The molecule has 1 aliphatic heterocycles. The highest BCUT2D eigenvalue weighted by atomic mass is 16.5. The Morgan fingerprint density at radius 1 is 1.39 bits per heavy atom. The second-order valence-corrected chi connectivity index (χ2v) is 5.70. The number of hydrogen-bond donors (Lipinski definition) is 2. The lowest BCUT2D eigenvalue weighted by Crippen LogP contribution is -2.36. The van der Waals surface area contributed by atoms with Crippen LogP contribution in [0.2, 0.25) is 0 Å². The Morgan fingerprint density at radius 2 is 2.06 bits per heavy atom. The van der Waals surface area contributed by atoms with Gasteiger partial charge in [0.25, 0.3) is 5.91 Å². The fourth-order valence-corrected chi connectivity index (χ4v) is 1.99. The number of nitrogen functional groups attached to an aromatic ring is 1. The van der Waals surface area contributed by atoms with Gasteiger partial charge in [-0.2, -0.15) is 0 Å². The molecule has 1 aromatic rings. The zero-order valence-electron chi connectivity index (χ0n) is 11.3. The highest BCUT2D eigenvalue weighted by Crippen LogP contribution is 2.39. The highest BCUT2D eigenvalue weighted by Gasteiger charge is 2.29. The van der Waals surface area contributed by atoms with Crippen molar-refractivity contribution >= 4 is 17.3 Å². The molecule has 0 bridgehead atoms. The second-order valence-electron chi connectivity index (χ2n) is 5.70. The molecule has 1 unspecified atom stereocenters. The summed E-state index contributed by atoms with van der Waals surface area (Å²) in [5.41, 5.74) is 8.34.